The number of nitrogens with one attached hydrogen (secondary N) is 1. The molecule has 190 valence electrons. The molecule has 2 aliphatic rings. The molecule has 2 aromatic rings. The molecule has 0 atom stereocenters. The summed E-state index contributed by atoms with van der Waals surface area (Å²) in [6, 6.07) is 13.0. The lowest BCUT2D eigenvalue weighted by atomic mass is 9.91. The summed E-state index contributed by atoms with van der Waals surface area (Å²) in [5, 5.41) is 10.1. The van der Waals surface area contributed by atoms with E-state index in [0.29, 0.717) is 5.56 Å². The van der Waals surface area contributed by atoms with Crippen LogP contribution in [0.15, 0.2) is 47.4 Å². The van der Waals surface area contributed by atoms with Gasteiger partial charge in [0.05, 0.1) is 4.90 Å². The number of halogens is 3. The van der Waals surface area contributed by atoms with Crippen LogP contribution in [0.5, 0.6) is 0 Å². The fourth-order valence-electron chi connectivity index (χ4n) is 3.99. The Hall–Kier alpha value is -2.92. The molecule has 7 nitrogen and oxygen atoms in total. The average molecular weight is 513 g/mol. The number of nitrogens with zero attached hydrogens (tertiary/aromatic N) is 1. The van der Waals surface area contributed by atoms with Crippen molar-refractivity contribution in [3.8, 4) is 0 Å². The monoisotopic (exact) mass is 512 g/mol. The highest BCUT2D eigenvalue weighted by molar-refractivity contribution is 7.90. The number of hydrogen-bond donors (Lipinski definition) is 2. The summed E-state index contributed by atoms with van der Waals surface area (Å²) in [6.45, 7) is 2.21. The molecule has 2 N–H and O–H groups in total. The second-order valence-corrected chi connectivity index (χ2v) is 10.7. The molecule has 0 bridgehead atoms. The lowest BCUT2D eigenvalue weighted by Crippen LogP contribution is -2.41. The minimum Gasteiger partial charge on any atom is -0.475 e. The number of benzene rings is 2. The van der Waals surface area contributed by atoms with E-state index in [-0.39, 0.29) is 10.8 Å². The number of carbonyl (C=O) groups excluding carboxylic acids is 1. The lowest BCUT2D eigenvalue weighted by molar-refractivity contribution is -0.192. The van der Waals surface area contributed by atoms with Crippen LogP contribution in [0.2, 0.25) is 0 Å². The number of alkyl halides is 3. The molecule has 0 spiro atoms. The molecule has 35 heavy (non-hydrogen) atoms. The van der Waals surface area contributed by atoms with Crippen molar-refractivity contribution < 1.29 is 36.3 Å². The van der Waals surface area contributed by atoms with E-state index in [1.165, 1.54) is 42.5 Å². The maximum atomic E-state index is 12.5. The molecule has 0 saturated heterocycles. The zero-order chi connectivity index (χ0) is 25.8. The fraction of sp³-hybridized carbons (Fsp3) is 0.417. The van der Waals surface area contributed by atoms with Crippen LogP contribution in [0, 0.1) is 0 Å². The minimum absolute atomic E-state index is 0.213. The first-order valence-electron chi connectivity index (χ1n) is 11.1. The van der Waals surface area contributed by atoms with Gasteiger partial charge < -0.3 is 10.4 Å². The topological polar surface area (TPSA) is 104 Å². The predicted octanol–water partition coefficient (Wildman–Crippen LogP) is 3.93. The number of carboxylic acid groups (broad SMARTS) is 1. The molecule has 0 unspecified atom stereocenters. The van der Waals surface area contributed by atoms with Crippen LogP contribution in [0.1, 0.15) is 40.7 Å². The molecule has 1 aliphatic carbocycles. The largest absolute Gasteiger partial charge is 0.490 e. The van der Waals surface area contributed by atoms with E-state index in [4.69, 9.17) is 9.90 Å². The Morgan fingerprint density at radius 1 is 1.00 bits per heavy atom. The second kappa shape index (κ2) is 10.8. The van der Waals surface area contributed by atoms with Gasteiger partial charge in [0.25, 0.3) is 5.91 Å². The summed E-state index contributed by atoms with van der Waals surface area (Å²) < 4.78 is 54.8. The van der Waals surface area contributed by atoms with Crippen molar-refractivity contribution in [3.63, 3.8) is 0 Å². The smallest absolute Gasteiger partial charge is 0.475 e. The predicted molar refractivity (Wildman–Crippen MR) is 124 cm³/mol. The average Bonchev–Trinajstić information content (AvgIpc) is 2.94. The lowest BCUT2D eigenvalue weighted by Gasteiger charge is -2.36. The first-order valence-corrected chi connectivity index (χ1v) is 13.0. The normalized spacial score (nSPS) is 16.7. The number of rotatable bonds is 4. The van der Waals surface area contributed by atoms with E-state index in [1.807, 2.05) is 6.07 Å². The summed E-state index contributed by atoms with van der Waals surface area (Å²) >= 11 is 0. The molecule has 4 rings (SSSR count). The summed E-state index contributed by atoms with van der Waals surface area (Å²) in [5.41, 5.74) is 3.91. The van der Waals surface area contributed by atoms with E-state index < -0.39 is 22.0 Å². The van der Waals surface area contributed by atoms with E-state index in [0.717, 1.165) is 43.9 Å². The van der Waals surface area contributed by atoms with E-state index in [2.05, 4.69) is 22.3 Å². The molecule has 0 radical (unpaired) electrons. The number of fused-ring (bicyclic) bond motifs is 1. The van der Waals surface area contributed by atoms with Crippen molar-refractivity contribution in [3.05, 3.63) is 59.2 Å². The van der Waals surface area contributed by atoms with E-state index >= 15 is 0 Å². The zero-order valence-electron chi connectivity index (χ0n) is 19.1. The Labute approximate surface area is 201 Å². The van der Waals surface area contributed by atoms with Crippen molar-refractivity contribution >= 4 is 27.4 Å². The molecular weight excluding hydrogens is 485 g/mol. The van der Waals surface area contributed by atoms with Crippen LogP contribution in [0.3, 0.4) is 0 Å². The Bertz CT molecular complexity index is 1180. The van der Waals surface area contributed by atoms with Gasteiger partial charge in [-0.05, 0) is 73.2 Å². The third-order valence-corrected chi connectivity index (χ3v) is 7.31. The highest BCUT2D eigenvalue weighted by Gasteiger charge is 2.38. The van der Waals surface area contributed by atoms with Crippen LogP contribution in [0.4, 0.5) is 18.9 Å². The van der Waals surface area contributed by atoms with Gasteiger partial charge in [-0.2, -0.15) is 13.2 Å². The van der Waals surface area contributed by atoms with Crippen molar-refractivity contribution in [2.24, 2.45) is 0 Å². The van der Waals surface area contributed by atoms with E-state index in [9.17, 15) is 26.4 Å². The molecule has 1 aliphatic heterocycles. The van der Waals surface area contributed by atoms with Gasteiger partial charge >= 0.3 is 12.1 Å². The van der Waals surface area contributed by atoms with Gasteiger partial charge in [-0.1, -0.05) is 12.5 Å². The maximum Gasteiger partial charge on any atom is 0.490 e. The Balaban J connectivity index is 0.000000429. The number of amides is 1. The quantitative estimate of drug-likeness (QED) is 0.644. The number of anilines is 1. The number of aliphatic carboxylic acids is 1. The Morgan fingerprint density at radius 2 is 1.57 bits per heavy atom. The number of sulfone groups is 1. The molecule has 1 heterocycles. The van der Waals surface area contributed by atoms with Gasteiger partial charge in [-0.3, -0.25) is 9.69 Å². The maximum absolute atomic E-state index is 12.5. The van der Waals surface area contributed by atoms with Gasteiger partial charge in [-0.15, -0.1) is 0 Å². The van der Waals surface area contributed by atoms with Crippen molar-refractivity contribution in [2.45, 2.75) is 49.2 Å². The third kappa shape index (κ3) is 7.28. The molecule has 11 heteroatoms. The van der Waals surface area contributed by atoms with Gasteiger partial charge in [0, 0.05) is 36.6 Å². The fourth-order valence-corrected chi connectivity index (χ4v) is 4.62. The Morgan fingerprint density at radius 3 is 2.06 bits per heavy atom. The summed E-state index contributed by atoms with van der Waals surface area (Å²) in [6.07, 6.45) is 2.16. The summed E-state index contributed by atoms with van der Waals surface area (Å²) in [4.78, 5) is 24.3. The minimum atomic E-state index is -5.08. The first kappa shape index (κ1) is 26.7. The molecule has 0 aromatic heterocycles. The van der Waals surface area contributed by atoms with Crippen molar-refractivity contribution in [1.82, 2.24) is 4.90 Å². The molecular formula is C24H27F3N2O5S. The van der Waals surface area contributed by atoms with Crippen LogP contribution in [-0.2, 0) is 27.5 Å². The van der Waals surface area contributed by atoms with Crippen molar-refractivity contribution in [2.75, 3.05) is 24.7 Å². The van der Waals surface area contributed by atoms with E-state index in [1.54, 1.807) is 12.1 Å². The standard InChI is InChI=1S/C22H26N2O3S.C2HF3O2/c1-28(26,27)21-9-6-17(7-10-21)22(25)23-19-8-5-16-11-13-24(20-3-2-4-20)14-12-18(16)15-19;3-2(4,5)1(6)7/h5-10,15,20H,2-4,11-14H2,1H3,(H,23,25);(H,6,7). The van der Waals surface area contributed by atoms with Gasteiger partial charge in [0.2, 0.25) is 0 Å². The zero-order valence-corrected chi connectivity index (χ0v) is 20.0. The van der Waals surface area contributed by atoms with Crippen LogP contribution in [0.25, 0.3) is 0 Å². The highest BCUT2D eigenvalue weighted by atomic mass is 32.2. The summed E-state index contributed by atoms with van der Waals surface area (Å²) in [5.74, 6) is -2.99. The molecule has 1 amide bonds. The molecule has 2 aromatic carbocycles. The van der Waals surface area contributed by atoms with Crippen LogP contribution >= 0.6 is 0 Å². The van der Waals surface area contributed by atoms with Gasteiger partial charge in [0.15, 0.2) is 9.84 Å². The second-order valence-electron chi connectivity index (χ2n) is 8.66. The number of carboxylic acids is 1. The Kier molecular flexibility index (Phi) is 8.22. The molecule has 1 saturated carbocycles. The molecule has 1 fully saturated rings. The van der Waals surface area contributed by atoms with Crippen LogP contribution in [-0.4, -0.2) is 61.9 Å². The SMILES string of the molecule is CS(=O)(=O)c1ccc(C(=O)Nc2ccc3c(c2)CCN(C2CCC2)CC3)cc1.O=C(O)C(F)(F)F. The summed E-state index contributed by atoms with van der Waals surface area (Å²) in [7, 11) is -3.26. The van der Waals surface area contributed by atoms with Gasteiger partial charge in [-0.25, -0.2) is 13.2 Å². The first-order chi connectivity index (χ1) is 16.3. The number of hydrogen-bond acceptors (Lipinski definition) is 5. The number of carbonyl (C=O) groups is 2. The third-order valence-electron chi connectivity index (χ3n) is 6.18. The van der Waals surface area contributed by atoms with Crippen molar-refractivity contribution in [1.29, 1.82) is 0 Å². The van der Waals surface area contributed by atoms with Gasteiger partial charge in [0.1, 0.15) is 0 Å². The van der Waals surface area contributed by atoms with Crippen LogP contribution < -0.4 is 5.32 Å². The highest BCUT2D eigenvalue weighted by Crippen LogP contribution is 2.28.